The molecule has 0 spiro atoms. The van der Waals surface area contributed by atoms with Crippen LogP contribution >= 0.6 is 0 Å². The monoisotopic (exact) mass is 399 g/mol. The molecule has 0 bridgehead atoms. The predicted octanol–water partition coefficient (Wildman–Crippen LogP) is 2.69. The number of fused-ring (bicyclic) bond motifs is 1. The summed E-state index contributed by atoms with van der Waals surface area (Å²) >= 11 is 0. The van der Waals surface area contributed by atoms with Crippen molar-refractivity contribution in [3.63, 3.8) is 0 Å². The molecule has 0 amide bonds. The number of rotatable bonds is 4. The molecule has 26 heavy (non-hydrogen) atoms. The van der Waals surface area contributed by atoms with Gasteiger partial charge < -0.3 is 4.74 Å². The van der Waals surface area contributed by atoms with Crippen molar-refractivity contribution in [2.45, 2.75) is 17.2 Å². The Labute approximate surface area is 143 Å². The molecule has 0 aliphatic heterocycles. The van der Waals surface area contributed by atoms with Crippen LogP contribution < -0.4 is 5.73 Å². The summed E-state index contributed by atoms with van der Waals surface area (Å²) < 4.78 is 99.7. The summed E-state index contributed by atoms with van der Waals surface area (Å²) in [5, 5.41) is -5.09. The topological polar surface area (TPSA) is 107 Å². The smallest absolute Gasteiger partial charge is 0.423 e. The average molecular weight is 399 g/mol. The number of hydrogen-bond donors (Lipinski definition) is 2. The molecule has 6 nitrogen and oxygen atoms in total. The second-order valence-corrected chi connectivity index (χ2v) is 6.64. The standard InChI is InChI=1S/C14H10F5NO5S/c15-13(16,17)12(20,14(18,19)26(22,23)24)25-11(21)10-6-5-8-3-1-2-4-9(8)7-10/h1-7H,20H2,(H,22,23,24). The lowest BCUT2D eigenvalue weighted by Crippen LogP contribution is -2.70. The van der Waals surface area contributed by atoms with Crippen molar-refractivity contribution in [3.05, 3.63) is 48.0 Å². The molecule has 0 heterocycles. The molecule has 2 aromatic carbocycles. The van der Waals surface area contributed by atoms with E-state index in [-0.39, 0.29) is 0 Å². The van der Waals surface area contributed by atoms with E-state index >= 15 is 0 Å². The van der Waals surface area contributed by atoms with E-state index in [4.69, 9.17) is 4.55 Å². The maximum atomic E-state index is 13.6. The van der Waals surface area contributed by atoms with Gasteiger partial charge in [0.15, 0.2) is 0 Å². The third-order valence-corrected chi connectivity index (χ3v) is 4.37. The second kappa shape index (κ2) is 6.14. The lowest BCUT2D eigenvalue weighted by Gasteiger charge is -2.35. The molecule has 0 radical (unpaired) electrons. The van der Waals surface area contributed by atoms with E-state index in [0.29, 0.717) is 10.8 Å². The zero-order valence-electron chi connectivity index (χ0n) is 12.5. The number of alkyl halides is 5. The summed E-state index contributed by atoms with van der Waals surface area (Å²) in [5.74, 6) is -1.96. The Hall–Kier alpha value is -2.31. The van der Waals surface area contributed by atoms with Crippen molar-refractivity contribution in [3.8, 4) is 0 Å². The lowest BCUT2D eigenvalue weighted by molar-refractivity contribution is -0.306. The summed E-state index contributed by atoms with van der Waals surface area (Å²) in [6, 6.07) is 9.61. The van der Waals surface area contributed by atoms with Gasteiger partial charge in [0.1, 0.15) is 0 Å². The zero-order valence-corrected chi connectivity index (χ0v) is 13.3. The molecule has 3 N–H and O–H groups in total. The molecule has 0 aliphatic carbocycles. The maximum Gasteiger partial charge on any atom is 0.450 e. The Morgan fingerprint density at radius 1 is 1.00 bits per heavy atom. The average Bonchev–Trinajstić information content (AvgIpc) is 2.51. The van der Waals surface area contributed by atoms with E-state index in [1.807, 2.05) is 0 Å². The van der Waals surface area contributed by atoms with Crippen molar-refractivity contribution in [2.75, 3.05) is 0 Å². The normalized spacial score (nSPS) is 15.5. The number of hydrogen-bond acceptors (Lipinski definition) is 5. The number of nitrogens with two attached hydrogens (primary N) is 1. The number of ether oxygens (including phenoxy) is 1. The Morgan fingerprint density at radius 2 is 1.54 bits per heavy atom. The number of carbonyl (C=O) groups is 1. The van der Waals surface area contributed by atoms with Crippen LogP contribution in [0.1, 0.15) is 10.4 Å². The minimum atomic E-state index is -6.66. The molecule has 0 aromatic heterocycles. The van der Waals surface area contributed by atoms with Crippen LogP contribution in [0.4, 0.5) is 22.0 Å². The fourth-order valence-corrected chi connectivity index (χ4v) is 2.54. The largest absolute Gasteiger partial charge is 0.450 e. The molecule has 0 aliphatic rings. The Balaban J connectivity index is 2.50. The SMILES string of the molecule is NC(OC(=O)c1ccc2ccccc2c1)(C(F)(F)F)C(F)(F)S(=O)(=O)O. The first-order valence-corrected chi connectivity index (χ1v) is 8.07. The third kappa shape index (κ3) is 3.22. The molecule has 12 heteroatoms. The van der Waals surface area contributed by atoms with Crippen molar-refractivity contribution in [1.82, 2.24) is 0 Å². The van der Waals surface area contributed by atoms with Crippen LogP contribution in [0, 0.1) is 0 Å². The van der Waals surface area contributed by atoms with E-state index in [9.17, 15) is 35.2 Å². The predicted molar refractivity (Wildman–Crippen MR) is 78.8 cm³/mol. The molecule has 1 unspecified atom stereocenters. The number of halogens is 5. The maximum absolute atomic E-state index is 13.6. The van der Waals surface area contributed by atoms with Gasteiger partial charge in [-0.2, -0.15) is 30.4 Å². The van der Waals surface area contributed by atoms with Crippen molar-refractivity contribution in [1.29, 1.82) is 0 Å². The van der Waals surface area contributed by atoms with Crippen LogP contribution in [0.25, 0.3) is 10.8 Å². The lowest BCUT2D eigenvalue weighted by atomic mass is 10.1. The summed E-state index contributed by atoms with van der Waals surface area (Å²) in [6.07, 6.45) is -6.22. The minimum Gasteiger partial charge on any atom is -0.423 e. The van der Waals surface area contributed by atoms with Gasteiger partial charge in [-0.25, -0.2) is 4.79 Å². The first-order chi connectivity index (χ1) is 11.7. The molecule has 2 rings (SSSR count). The van der Waals surface area contributed by atoms with Crippen LogP contribution in [-0.2, 0) is 14.9 Å². The van der Waals surface area contributed by atoms with E-state index in [1.54, 1.807) is 18.2 Å². The zero-order chi connectivity index (χ0) is 20.0. The molecule has 0 saturated carbocycles. The van der Waals surface area contributed by atoms with Gasteiger partial charge in [0.2, 0.25) is 0 Å². The second-order valence-electron chi connectivity index (χ2n) is 5.18. The molecular weight excluding hydrogens is 389 g/mol. The van der Waals surface area contributed by atoms with Crippen LogP contribution in [-0.4, -0.2) is 36.1 Å². The molecule has 2 aromatic rings. The Kier molecular flexibility index (Phi) is 4.73. The highest BCUT2D eigenvalue weighted by Gasteiger charge is 2.77. The quantitative estimate of drug-likeness (QED) is 0.354. The summed E-state index contributed by atoms with van der Waals surface area (Å²) in [4.78, 5) is 11.9. The molecule has 1 atom stereocenters. The van der Waals surface area contributed by atoms with Gasteiger partial charge in [-0.15, -0.1) is 0 Å². The first-order valence-electron chi connectivity index (χ1n) is 6.63. The highest BCUT2D eigenvalue weighted by molar-refractivity contribution is 7.87. The van der Waals surface area contributed by atoms with E-state index in [2.05, 4.69) is 10.5 Å². The van der Waals surface area contributed by atoms with Gasteiger partial charge in [0.25, 0.3) is 0 Å². The van der Waals surface area contributed by atoms with Crippen molar-refractivity contribution >= 4 is 26.9 Å². The number of benzene rings is 2. The van der Waals surface area contributed by atoms with E-state index in [1.165, 1.54) is 12.1 Å². The van der Waals surface area contributed by atoms with E-state index in [0.717, 1.165) is 12.1 Å². The fraction of sp³-hybridized carbons (Fsp3) is 0.214. The summed E-state index contributed by atoms with van der Waals surface area (Å²) in [5.41, 5.74) is -1.47. The van der Waals surface area contributed by atoms with Gasteiger partial charge in [0.05, 0.1) is 5.56 Å². The van der Waals surface area contributed by atoms with E-state index < -0.39 is 38.8 Å². The summed E-state index contributed by atoms with van der Waals surface area (Å²) in [6.45, 7) is 0. The Morgan fingerprint density at radius 3 is 2.04 bits per heavy atom. The fourth-order valence-electron chi connectivity index (χ4n) is 2.00. The number of carbonyl (C=O) groups excluding carboxylic acids is 1. The molecule has 142 valence electrons. The number of esters is 1. The minimum absolute atomic E-state index is 0.373. The van der Waals surface area contributed by atoms with Gasteiger partial charge in [-0.05, 0) is 22.9 Å². The van der Waals surface area contributed by atoms with Crippen LogP contribution in [0.5, 0.6) is 0 Å². The molecule has 0 fully saturated rings. The van der Waals surface area contributed by atoms with Gasteiger partial charge in [-0.1, -0.05) is 30.3 Å². The Bertz CT molecular complexity index is 960. The highest BCUT2D eigenvalue weighted by atomic mass is 32.2. The first kappa shape index (κ1) is 20.0. The van der Waals surface area contributed by atoms with Gasteiger partial charge in [0, 0.05) is 0 Å². The summed E-state index contributed by atoms with van der Waals surface area (Å²) in [7, 11) is -6.66. The van der Waals surface area contributed by atoms with Crippen LogP contribution in [0.3, 0.4) is 0 Å². The van der Waals surface area contributed by atoms with Crippen molar-refractivity contribution in [2.24, 2.45) is 5.73 Å². The third-order valence-electron chi connectivity index (χ3n) is 3.42. The molecule has 0 saturated heterocycles. The van der Waals surface area contributed by atoms with Gasteiger partial charge in [-0.3, -0.25) is 10.3 Å². The molecular formula is C14H10F5NO5S. The highest BCUT2D eigenvalue weighted by Crippen LogP contribution is 2.44. The van der Waals surface area contributed by atoms with Crippen LogP contribution in [0.15, 0.2) is 42.5 Å². The van der Waals surface area contributed by atoms with Crippen LogP contribution in [0.2, 0.25) is 0 Å². The van der Waals surface area contributed by atoms with Crippen molar-refractivity contribution < 1.29 is 44.5 Å². The van der Waals surface area contributed by atoms with Gasteiger partial charge >= 0.3 is 33.2 Å².